The van der Waals surface area contributed by atoms with E-state index in [4.69, 9.17) is 0 Å². The fourth-order valence-electron chi connectivity index (χ4n) is 4.65. The Morgan fingerprint density at radius 3 is 2.60 bits per heavy atom. The van der Waals surface area contributed by atoms with Gasteiger partial charge >= 0.3 is 6.03 Å². The number of amides is 2. The number of aryl methyl sites for hydroxylation is 1. The number of carbonyl (C=O) groups excluding carboxylic acids is 1. The van der Waals surface area contributed by atoms with Crippen molar-refractivity contribution < 1.29 is 9.18 Å². The molecule has 2 aromatic carbocycles. The van der Waals surface area contributed by atoms with Gasteiger partial charge in [0.25, 0.3) is 0 Å². The molecular weight excluding hydrogens is 377 g/mol. The van der Waals surface area contributed by atoms with Crippen molar-refractivity contribution in [3.63, 3.8) is 0 Å². The first-order chi connectivity index (χ1) is 14.7. The third-order valence-electron chi connectivity index (χ3n) is 6.53. The van der Waals surface area contributed by atoms with Gasteiger partial charge in [0.1, 0.15) is 5.82 Å². The van der Waals surface area contributed by atoms with Crippen LogP contribution in [0.4, 0.5) is 14.9 Å². The lowest BCUT2D eigenvalue weighted by molar-refractivity contribution is 0.184. The van der Waals surface area contributed by atoms with Gasteiger partial charge < -0.3 is 15.5 Å². The average Bonchev–Trinajstić information content (AvgIpc) is 2.78. The van der Waals surface area contributed by atoms with Gasteiger partial charge in [-0.15, -0.1) is 0 Å². The predicted octanol–water partition coefficient (Wildman–Crippen LogP) is 4.78. The molecule has 0 aromatic heterocycles. The van der Waals surface area contributed by atoms with Crippen LogP contribution in [0.2, 0.25) is 0 Å². The Morgan fingerprint density at radius 1 is 1.03 bits per heavy atom. The SMILES string of the molecule is O=C(NCC1CCN(CCc2ccc(F)cc2)CC1)Nc1cccc2c1CCCC2. The molecule has 4 rings (SSSR count). The van der Waals surface area contributed by atoms with Gasteiger partial charge in [-0.2, -0.15) is 0 Å². The van der Waals surface area contributed by atoms with Crippen molar-refractivity contribution in [1.29, 1.82) is 0 Å². The lowest BCUT2D eigenvalue weighted by Gasteiger charge is -2.32. The molecule has 0 radical (unpaired) electrons. The quantitative estimate of drug-likeness (QED) is 0.721. The molecule has 0 unspecified atom stereocenters. The van der Waals surface area contributed by atoms with Crippen LogP contribution in [0.3, 0.4) is 0 Å². The summed E-state index contributed by atoms with van der Waals surface area (Å²) in [6.07, 6.45) is 7.77. The highest BCUT2D eigenvalue weighted by molar-refractivity contribution is 5.90. The summed E-state index contributed by atoms with van der Waals surface area (Å²) in [7, 11) is 0. The monoisotopic (exact) mass is 409 g/mol. The fraction of sp³-hybridized carbons (Fsp3) is 0.480. The zero-order valence-corrected chi connectivity index (χ0v) is 17.6. The van der Waals surface area contributed by atoms with Gasteiger partial charge in [0, 0.05) is 18.8 Å². The summed E-state index contributed by atoms with van der Waals surface area (Å²) in [4.78, 5) is 14.9. The van der Waals surface area contributed by atoms with Crippen molar-refractivity contribution in [2.45, 2.75) is 44.9 Å². The van der Waals surface area contributed by atoms with E-state index in [-0.39, 0.29) is 11.8 Å². The largest absolute Gasteiger partial charge is 0.338 e. The van der Waals surface area contributed by atoms with Gasteiger partial charge in [0.2, 0.25) is 0 Å². The first kappa shape index (κ1) is 20.9. The van der Waals surface area contributed by atoms with Gasteiger partial charge in [-0.1, -0.05) is 24.3 Å². The van der Waals surface area contributed by atoms with Crippen LogP contribution in [0.5, 0.6) is 0 Å². The Hall–Kier alpha value is -2.40. The van der Waals surface area contributed by atoms with Crippen LogP contribution < -0.4 is 10.6 Å². The van der Waals surface area contributed by atoms with E-state index in [0.717, 1.165) is 64.0 Å². The standard InChI is InChI=1S/C25H32FN3O/c26-22-10-8-19(9-11-22)12-15-29-16-13-20(14-17-29)18-27-25(30)28-24-7-3-5-21-4-1-2-6-23(21)24/h3,5,7-11,20H,1-2,4,6,12-18H2,(H2,27,28,30). The van der Waals surface area contributed by atoms with E-state index >= 15 is 0 Å². The summed E-state index contributed by atoms with van der Waals surface area (Å²) >= 11 is 0. The molecule has 5 heteroatoms. The van der Waals surface area contributed by atoms with Crippen LogP contribution in [0.25, 0.3) is 0 Å². The minimum absolute atomic E-state index is 0.0901. The number of carbonyl (C=O) groups is 1. The highest BCUT2D eigenvalue weighted by Crippen LogP contribution is 2.27. The second kappa shape index (κ2) is 10.1. The Kier molecular flexibility index (Phi) is 7.00. The Balaban J connectivity index is 1.17. The average molecular weight is 410 g/mol. The topological polar surface area (TPSA) is 44.4 Å². The van der Waals surface area contributed by atoms with Crippen LogP contribution in [0.1, 0.15) is 42.4 Å². The number of halogens is 1. The number of rotatable bonds is 6. The number of fused-ring (bicyclic) bond motifs is 1. The molecule has 0 spiro atoms. The van der Waals surface area contributed by atoms with Crippen molar-refractivity contribution in [1.82, 2.24) is 10.2 Å². The molecule has 0 bridgehead atoms. The summed E-state index contributed by atoms with van der Waals surface area (Å²) in [5.41, 5.74) is 4.85. The molecule has 0 atom stereocenters. The number of nitrogens with one attached hydrogen (secondary N) is 2. The van der Waals surface area contributed by atoms with E-state index in [2.05, 4.69) is 21.6 Å². The van der Waals surface area contributed by atoms with Gasteiger partial charge in [-0.25, -0.2) is 9.18 Å². The number of urea groups is 1. The zero-order valence-electron chi connectivity index (χ0n) is 17.6. The zero-order chi connectivity index (χ0) is 20.8. The summed E-state index contributed by atoms with van der Waals surface area (Å²) in [5.74, 6) is 0.353. The first-order valence-electron chi connectivity index (χ1n) is 11.3. The molecule has 1 aliphatic carbocycles. The van der Waals surface area contributed by atoms with Gasteiger partial charge in [0.05, 0.1) is 0 Å². The molecule has 160 valence electrons. The van der Waals surface area contributed by atoms with Crippen molar-refractivity contribution >= 4 is 11.7 Å². The lowest BCUT2D eigenvalue weighted by Crippen LogP contribution is -2.40. The third-order valence-corrected chi connectivity index (χ3v) is 6.53. The van der Waals surface area contributed by atoms with Crippen LogP contribution in [0.15, 0.2) is 42.5 Å². The van der Waals surface area contributed by atoms with Crippen LogP contribution in [-0.4, -0.2) is 37.1 Å². The molecule has 2 N–H and O–H groups in total. The maximum atomic E-state index is 13.0. The number of hydrogen-bond donors (Lipinski definition) is 2. The highest BCUT2D eigenvalue weighted by Gasteiger charge is 2.20. The smallest absolute Gasteiger partial charge is 0.319 e. The van der Waals surface area contributed by atoms with Crippen molar-refractivity contribution in [2.24, 2.45) is 5.92 Å². The molecule has 1 aliphatic heterocycles. The van der Waals surface area contributed by atoms with Crippen LogP contribution in [0, 0.1) is 11.7 Å². The first-order valence-corrected chi connectivity index (χ1v) is 11.3. The van der Waals surface area contributed by atoms with E-state index in [9.17, 15) is 9.18 Å². The number of anilines is 1. The minimum Gasteiger partial charge on any atom is -0.338 e. The van der Waals surface area contributed by atoms with Gasteiger partial charge in [-0.05, 0) is 98.8 Å². The minimum atomic E-state index is -0.178. The second-order valence-corrected chi connectivity index (χ2v) is 8.65. The van der Waals surface area contributed by atoms with E-state index in [1.807, 2.05) is 24.3 Å². The Labute approximate surface area is 178 Å². The molecular formula is C25H32FN3O. The number of likely N-dealkylation sites (tertiary alicyclic amines) is 1. The third kappa shape index (κ3) is 5.60. The van der Waals surface area contributed by atoms with E-state index < -0.39 is 0 Å². The van der Waals surface area contributed by atoms with Crippen molar-refractivity contribution in [3.05, 3.63) is 65.0 Å². The number of benzene rings is 2. The molecule has 1 fully saturated rings. The van der Waals surface area contributed by atoms with Gasteiger partial charge in [0.15, 0.2) is 0 Å². The molecule has 0 saturated carbocycles. The Morgan fingerprint density at radius 2 is 1.80 bits per heavy atom. The molecule has 1 saturated heterocycles. The normalized spacial score (nSPS) is 17.4. The number of nitrogens with zero attached hydrogens (tertiary/aromatic N) is 1. The summed E-state index contributed by atoms with van der Waals surface area (Å²) in [5, 5.41) is 6.16. The van der Waals surface area contributed by atoms with Crippen molar-refractivity contribution in [2.75, 3.05) is 31.5 Å². The fourth-order valence-corrected chi connectivity index (χ4v) is 4.65. The lowest BCUT2D eigenvalue weighted by atomic mass is 9.90. The summed E-state index contributed by atoms with van der Waals surface area (Å²) < 4.78 is 13.0. The molecule has 4 nitrogen and oxygen atoms in total. The second-order valence-electron chi connectivity index (χ2n) is 8.65. The van der Waals surface area contributed by atoms with Crippen LogP contribution in [-0.2, 0) is 19.3 Å². The molecule has 2 amide bonds. The Bertz CT molecular complexity index is 844. The molecule has 1 heterocycles. The van der Waals surface area contributed by atoms with E-state index in [0.29, 0.717) is 5.92 Å². The van der Waals surface area contributed by atoms with Crippen LogP contribution >= 0.6 is 0 Å². The summed E-state index contributed by atoms with van der Waals surface area (Å²) in [6.45, 7) is 3.85. The maximum Gasteiger partial charge on any atom is 0.319 e. The summed E-state index contributed by atoms with van der Waals surface area (Å²) in [6, 6.07) is 13.0. The molecule has 2 aliphatic rings. The maximum absolute atomic E-state index is 13.0. The molecule has 2 aromatic rings. The molecule has 30 heavy (non-hydrogen) atoms. The number of hydrogen-bond acceptors (Lipinski definition) is 2. The number of piperidine rings is 1. The van der Waals surface area contributed by atoms with Crippen molar-refractivity contribution in [3.8, 4) is 0 Å². The van der Waals surface area contributed by atoms with E-state index in [1.165, 1.54) is 41.7 Å². The van der Waals surface area contributed by atoms with Gasteiger partial charge in [-0.3, -0.25) is 0 Å². The predicted molar refractivity (Wildman–Crippen MR) is 119 cm³/mol. The van der Waals surface area contributed by atoms with E-state index in [1.54, 1.807) is 0 Å². The highest BCUT2D eigenvalue weighted by atomic mass is 19.1.